The first-order valence-electron chi connectivity index (χ1n) is 2.96. The van der Waals surface area contributed by atoms with Gasteiger partial charge in [-0.3, -0.25) is 0 Å². The highest BCUT2D eigenvalue weighted by molar-refractivity contribution is 7.81. The third kappa shape index (κ3) is 1.74. The summed E-state index contributed by atoms with van der Waals surface area (Å²) >= 11 is 0. The maximum Gasteiger partial charge on any atom is 0.0911 e. The van der Waals surface area contributed by atoms with Crippen molar-refractivity contribution in [3.8, 4) is 0 Å². The summed E-state index contributed by atoms with van der Waals surface area (Å²) in [5, 5.41) is 8.97. The van der Waals surface area contributed by atoms with Gasteiger partial charge in [-0.2, -0.15) is 0 Å². The summed E-state index contributed by atoms with van der Waals surface area (Å²) in [5.74, 6) is 0. The van der Waals surface area contributed by atoms with Crippen molar-refractivity contribution in [2.75, 3.05) is 19.3 Å². The van der Waals surface area contributed by atoms with E-state index < -0.39 is 11.0 Å². The van der Waals surface area contributed by atoms with Crippen molar-refractivity contribution < 1.29 is 9.32 Å². The minimum atomic E-state index is -0.888. The topological polar surface area (TPSA) is 40.5 Å². The van der Waals surface area contributed by atoms with Crippen LogP contribution in [0.1, 0.15) is 6.42 Å². The van der Waals surface area contributed by atoms with Crippen LogP contribution in [-0.2, 0) is 11.0 Å². The fourth-order valence-corrected chi connectivity index (χ4v) is 1.69. The summed E-state index contributed by atoms with van der Waals surface area (Å²) in [5.41, 5.74) is 0. The Morgan fingerprint density at radius 3 is 2.67 bits per heavy atom. The highest BCUT2D eigenvalue weighted by Crippen LogP contribution is 2.09. The third-order valence-corrected chi connectivity index (χ3v) is 2.55. The van der Waals surface area contributed by atoms with Crippen molar-refractivity contribution in [1.29, 1.82) is 0 Å². The number of hydrogen-bond donors (Lipinski definition) is 1. The Balaban J connectivity index is 2.39. The van der Waals surface area contributed by atoms with Gasteiger partial charge in [0, 0.05) is 19.3 Å². The van der Waals surface area contributed by atoms with Gasteiger partial charge in [0.2, 0.25) is 0 Å². The molecule has 2 atom stereocenters. The molecule has 3 nitrogen and oxygen atoms in total. The molecule has 9 heavy (non-hydrogen) atoms. The monoisotopic (exact) mass is 149 g/mol. The Hall–Kier alpha value is 0.0700. The average Bonchev–Trinajstić information content (AvgIpc) is 2.14. The number of nitrogens with zero attached hydrogens (tertiary/aromatic N) is 1. The summed E-state index contributed by atoms with van der Waals surface area (Å²) in [6.45, 7) is 1.34. The molecular formula is C5H11NO2S. The molecule has 0 aliphatic carbocycles. The minimum absolute atomic E-state index is 0.256. The predicted molar refractivity (Wildman–Crippen MR) is 36.3 cm³/mol. The predicted octanol–water partition coefficient (Wildman–Crippen LogP) is -0.653. The van der Waals surface area contributed by atoms with Crippen LogP contribution >= 0.6 is 0 Å². The lowest BCUT2D eigenvalue weighted by Gasteiger charge is -2.08. The van der Waals surface area contributed by atoms with E-state index in [9.17, 15) is 4.21 Å². The van der Waals surface area contributed by atoms with Gasteiger partial charge in [0.05, 0.1) is 17.1 Å². The lowest BCUT2D eigenvalue weighted by atomic mass is 10.3. The average molecular weight is 149 g/mol. The SMILES string of the molecule is CS(=O)N1CCC(O)C1. The number of aliphatic hydroxyl groups is 1. The highest BCUT2D eigenvalue weighted by Gasteiger charge is 2.21. The van der Waals surface area contributed by atoms with Crippen LogP contribution in [0.4, 0.5) is 0 Å². The number of rotatable bonds is 1. The molecular weight excluding hydrogens is 138 g/mol. The Morgan fingerprint density at radius 1 is 1.78 bits per heavy atom. The smallest absolute Gasteiger partial charge is 0.0911 e. The van der Waals surface area contributed by atoms with Gasteiger partial charge in [0.25, 0.3) is 0 Å². The van der Waals surface area contributed by atoms with Crippen molar-refractivity contribution in [3.05, 3.63) is 0 Å². The van der Waals surface area contributed by atoms with Gasteiger partial charge in [0.15, 0.2) is 0 Å². The van der Waals surface area contributed by atoms with E-state index in [4.69, 9.17) is 5.11 Å². The summed E-state index contributed by atoms with van der Waals surface area (Å²) in [6.07, 6.45) is 2.14. The number of hydrogen-bond acceptors (Lipinski definition) is 2. The molecule has 0 saturated carbocycles. The van der Waals surface area contributed by atoms with E-state index in [1.54, 1.807) is 10.6 Å². The Kier molecular flexibility index (Phi) is 2.21. The minimum Gasteiger partial charge on any atom is -0.392 e. The lowest BCUT2D eigenvalue weighted by molar-refractivity contribution is 0.190. The third-order valence-electron chi connectivity index (χ3n) is 1.49. The molecule has 2 unspecified atom stereocenters. The van der Waals surface area contributed by atoms with Crippen molar-refractivity contribution in [3.63, 3.8) is 0 Å². The van der Waals surface area contributed by atoms with Crippen LogP contribution in [0.5, 0.6) is 0 Å². The standard InChI is InChI=1S/C5H11NO2S/c1-9(8)6-3-2-5(7)4-6/h5,7H,2-4H2,1H3. The van der Waals surface area contributed by atoms with E-state index in [1.807, 2.05) is 0 Å². The van der Waals surface area contributed by atoms with Gasteiger partial charge < -0.3 is 5.11 Å². The van der Waals surface area contributed by atoms with Gasteiger partial charge >= 0.3 is 0 Å². The highest BCUT2D eigenvalue weighted by atomic mass is 32.2. The molecule has 0 bridgehead atoms. The molecule has 1 N–H and O–H groups in total. The second-order valence-electron chi connectivity index (χ2n) is 2.25. The molecule has 1 rings (SSSR count). The van der Waals surface area contributed by atoms with Gasteiger partial charge in [-0.25, -0.2) is 8.51 Å². The first kappa shape index (κ1) is 7.18. The zero-order valence-corrected chi connectivity index (χ0v) is 6.23. The van der Waals surface area contributed by atoms with Crippen molar-refractivity contribution >= 4 is 11.0 Å². The largest absolute Gasteiger partial charge is 0.392 e. The molecule has 0 amide bonds. The molecule has 1 saturated heterocycles. The molecule has 0 aromatic carbocycles. The van der Waals surface area contributed by atoms with E-state index in [-0.39, 0.29) is 6.10 Å². The van der Waals surface area contributed by atoms with Crippen LogP contribution in [0.25, 0.3) is 0 Å². The molecule has 4 heteroatoms. The Labute approximate surface area is 57.3 Å². The van der Waals surface area contributed by atoms with Crippen LogP contribution in [0.15, 0.2) is 0 Å². The fraction of sp³-hybridized carbons (Fsp3) is 1.00. The molecule has 0 radical (unpaired) electrons. The number of aliphatic hydroxyl groups excluding tert-OH is 1. The summed E-state index contributed by atoms with van der Waals surface area (Å²) in [7, 11) is -0.888. The summed E-state index contributed by atoms with van der Waals surface area (Å²) in [4.78, 5) is 0. The maximum absolute atomic E-state index is 10.7. The van der Waals surface area contributed by atoms with Gasteiger partial charge in [0.1, 0.15) is 0 Å². The zero-order valence-electron chi connectivity index (χ0n) is 5.41. The molecule has 0 spiro atoms. The van der Waals surface area contributed by atoms with Crippen molar-refractivity contribution in [2.45, 2.75) is 12.5 Å². The van der Waals surface area contributed by atoms with Gasteiger partial charge in [-0.15, -0.1) is 0 Å². The second-order valence-corrected chi connectivity index (χ2v) is 3.62. The van der Waals surface area contributed by atoms with E-state index >= 15 is 0 Å². The molecule has 1 aliphatic rings. The molecule has 1 heterocycles. The molecule has 1 fully saturated rings. The first-order chi connectivity index (χ1) is 4.20. The fourth-order valence-electron chi connectivity index (χ4n) is 0.944. The van der Waals surface area contributed by atoms with Gasteiger partial charge in [-0.1, -0.05) is 0 Å². The Bertz CT molecular complexity index is 128. The van der Waals surface area contributed by atoms with E-state index in [0.717, 1.165) is 13.0 Å². The molecule has 0 aromatic rings. The van der Waals surface area contributed by atoms with Crippen LogP contribution in [-0.4, -0.2) is 39.1 Å². The molecule has 1 aliphatic heterocycles. The Morgan fingerprint density at radius 2 is 2.44 bits per heavy atom. The quantitative estimate of drug-likeness (QED) is 0.538. The zero-order chi connectivity index (χ0) is 6.85. The first-order valence-corrected chi connectivity index (χ1v) is 4.48. The van der Waals surface area contributed by atoms with E-state index in [0.29, 0.717) is 6.54 Å². The maximum atomic E-state index is 10.7. The van der Waals surface area contributed by atoms with Crippen LogP contribution in [0.3, 0.4) is 0 Å². The van der Waals surface area contributed by atoms with Crippen molar-refractivity contribution in [1.82, 2.24) is 4.31 Å². The summed E-state index contributed by atoms with van der Waals surface area (Å²) in [6, 6.07) is 0. The van der Waals surface area contributed by atoms with E-state index in [1.165, 1.54) is 0 Å². The van der Waals surface area contributed by atoms with Crippen LogP contribution in [0, 0.1) is 0 Å². The van der Waals surface area contributed by atoms with Crippen molar-refractivity contribution in [2.24, 2.45) is 0 Å². The number of β-amino-alcohol motifs (C(OH)–C–C–N with tert-alkyl or cyclic N) is 1. The molecule has 54 valence electrons. The van der Waals surface area contributed by atoms with Crippen LogP contribution < -0.4 is 0 Å². The van der Waals surface area contributed by atoms with Crippen LogP contribution in [0.2, 0.25) is 0 Å². The molecule has 0 aromatic heterocycles. The van der Waals surface area contributed by atoms with Gasteiger partial charge in [-0.05, 0) is 6.42 Å². The normalized spacial score (nSPS) is 32.9. The lowest BCUT2D eigenvalue weighted by Crippen LogP contribution is -2.23. The van der Waals surface area contributed by atoms with E-state index in [2.05, 4.69) is 0 Å². The second kappa shape index (κ2) is 2.77. The summed E-state index contributed by atoms with van der Waals surface area (Å²) < 4.78 is 12.5.